The molecule has 76 valence electrons. The minimum Gasteiger partial charge on any atom is -0.392 e. The third-order valence-electron chi connectivity index (χ3n) is 1.79. The second-order valence-electron chi connectivity index (χ2n) is 2.88. The molecule has 1 saturated heterocycles. The van der Waals surface area contributed by atoms with Crippen molar-refractivity contribution in [1.82, 2.24) is 4.90 Å². The van der Waals surface area contributed by atoms with Crippen LogP contribution < -0.4 is 0 Å². The second kappa shape index (κ2) is 5.88. The molecule has 5 heteroatoms. The molecule has 0 radical (unpaired) electrons. The molecule has 0 N–H and O–H groups in total. The number of nitrogens with zero attached hydrogens (tertiary/aromatic N) is 2. The van der Waals surface area contributed by atoms with E-state index in [1.54, 1.807) is 0 Å². The molecule has 0 amide bonds. The van der Waals surface area contributed by atoms with Crippen LogP contribution in [0.3, 0.4) is 0 Å². The van der Waals surface area contributed by atoms with Crippen molar-refractivity contribution >= 4 is 5.97 Å². The predicted octanol–water partition coefficient (Wildman–Crippen LogP) is 0.638. The first-order valence-corrected chi connectivity index (χ1v) is 4.41. The van der Waals surface area contributed by atoms with Gasteiger partial charge in [0.2, 0.25) is 5.97 Å². The molecular formula is C8H15FN2O2. The number of rotatable bonds is 4. The van der Waals surface area contributed by atoms with Crippen LogP contribution in [0.1, 0.15) is 6.92 Å². The van der Waals surface area contributed by atoms with E-state index in [9.17, 15) is 4.39 Å². The molecule has 1 heterocycles. The Morgan fingerprint density at radius 2 is 2.23 bits per heavy atom. The molecule has 0 aromatic rings. The fourth-order valence-corrected chi connectivity index (χ4v) is 1.13. The van der Waals surface area contributed by atoms with Crippen LogP contribution in [-0.2, 0) is 9.57 Å². The highest BCUT2D eigenvalue weighted by atomic mass is 19.1. The molecule has 0 aromatic heterocycles. The maximum absolute atomic E-state index is 12.1. The lowest BCUT2D eigenvalue weighted by atomic mass is 10.4. The van der Waals surface area contributed by atoms with Gasteiger partial charge in [-0.1, -0.05) is 5.16 Å². The summed E-state index contributed by atoms with van der Waals surface area (Å²) < 4.78 is 17.2. The summed E-state index contributed by atoms with van der Waals surface area (Å²) in [4.78, 5) is 6.93. The topological polar surface area (TPSA) is 34.1 Å². The lowest BCUT2D eigenvalue weighted by molar-refractivity contribution is 0.0208. The summed E-state index contributed by atoms with van der Waals surface area (Å²) in [6.07, 6.45) is 0. The summed E-state index contributed by atoms with van der Waals surface area (Å²) in [6.45, 7) is 5.84. The molecule has 0 saturated carbocycles. The van der Waals surface area contributed by atoms with Crippen LogP contribution in [-0.4, -0.2) is 50.3 Å². The van der Waals surface area contributed by atoms with E-state index in [2.05, 4.69) is 10.1 Å². The highest BCUT2D eigenvalue weighted by Gasteiger charge is 2.09. The molecular weight excluding hydrogens is 175 g/mol. The fourth-order valence-electron chi connectivity index (χ4n) is 1.13. The van der Waals surface area contributed by atoms with E-state index >= 15 is 0 Å². The molecule has 13 heavy (non-hydrogen) atoms. The van der Waals surface area contributed by atoms with Gasteiger partial charge in [-0.25, -0.2) is 0 Å². The number of morpholine rings is 1. The average molecular weight is 190 g/mol. The third-order valence-corrected chi connectivity index (χ3v) is 1.79. The monoisotopic (exact) mass is 190 g/mol. The molecule has 0 atom stereocenters. The van der Waals surface area contributed by atoms with Crippen LogP contribution in [0, 0.1) is 0 Å². The number of halogens is 1. The van der Waals surface area contributed by atoms with Crippen molar-refractivity contribution in [2.24, 2.45) is 5.16 Å². The summed E-state index contributed by atoms with van der Waals surface area (Å²) in [5.41, 5.74) is 0. The van der Waals surface area contributed by atoms with Crippen molar-refractivity contribution in [2.75, 3.05) is 39.5 Å². The second-order valence-corrected chi connectivity index (χ2v) is 2.88. The molecule has 0 spiro atoms. The third kappa shape index (κ3) is 4.80. The molecule has 0 aromatic carbocycles. The Bertz CT molecular complexity index is 166. The Hall–Kier alpha value is -0.680. The summed E-state index contributed by atoms with van der Waals surface area (Å²) in [5, 5.41) is 3.20. The maximum atomic E-state index is 12.1. The van der Waals surface area contributed by atoms with Gasteiger partial charge in [-0.2, -0.15) is 4.39 Å². The normalized spacial score (nSPS) is 20.3. The van der Waals surface area contributed by atoms with Crippen molar-refractivity contribution in [3.05, 3.63) is 0 Å². The highest BCUT2D eigenvalue weighted by molar-refractivity contribution is 5.70. The SMILES string of the molecule is C/C(F)=N\OCCN1CCOCC1. The van der Waals surface area contributed by atoms with E-state index in [0.717, 1.165) is 32.8 Å². The highest BCUT2D eigenvalue weighted by Crippen LogP contribution is 1.95. The van der Waals surface area contributed by atoms with Crippen LogP contribution in [0.5, 0.6) is 0 Å². The Morgan fingerprint density at radius 3 is 2.85 bits per heavy atom. The van der Waals surface area contributed by atoms with E-state index in [1.807, 2.05) is 0 Å². The van der Waals surface area contributed by atoms with Crippen LogP contribution in [0.4, 0.5) is 4.39 Å². The zero-order valence-corrected chi connectivity index (χ0v) is 7.83. The quantitative estimate of drug-likeness (QED) is 0.370. The zero-order valence-electron chi connectivity index (χ0n) is 7.83. The van der Waals surface area contributed by atoms with E-state index in [4.69, 9.17) is 9.57 Å². The van der Waals surface area contributed by atoms with Gasteiger partial charge in [0.25, 0.3) is 0 Å². The first-order valence-electron chi connectivity index (χ1n) is 4.41. The summed E-state index contributed by atoms with van der Waals surface area (Å²) in [5.74, 6) is -0.540. The largest absolute Gasteiger partial charge is 0.392 e. The van der Waals surface area contributed by atoms with Crippen molar-refractivity contribution < 1.29 is 14.0 Å². The number of hydrogen-bond acceptors (Lipinski definition) is 4. The maximum Gasteiger partial charge on any atom is 0.223 e. The standard InChI is InChI=1S/C8H15FN2O2/c1-8(9)10-13-7-4-11-2-5-12-6-3-11/h2-7H2,1H3/b10-8+. The van der Waals surface area contributed by atoms with Gasteiger partial charge in [0, 0.05) is 26.6 Å². The van der Waals surface area contributed by atoms with Gasteiger partial charge in [0.15, 0.2) is 0 Å². The van der Waals surface area contributed by atoms with Crippen LogP contribution in [0.15, 0.2) is 5.16 Å². The first-order chi connectivity index (χ1) is 6.29. The predicted molar refractivity (Wildman–Crippen MR) is 47.4 cm³/mol. The number of oxime groups is 1. The molecule has 1 aliphatic heterocycles. The van der Waals surface area contributed by atoms with Gasteiger partial charge in [0.1, 0.15) is 6.61 Å². The van der Waals surface area contributed by atoms with Gasteiger partial charge < -0.3 is 9.57 Å². The minimum absolute atomic E-state index is 0.432. The Kier molecular flexibility index (Phi) is 4.70. The van der Waals surface area contributed by atoms with Crippen molar-refractivity contribution in [1.29, 1.82) is 0 Å². The summed E-state index contributed by atoms with van der Waals surface area (Å²) in [7, 11) is 0. The number of hydrogen-bond donors (Lipinski definition) is 0. The van der Waals surface area contributed by atoms with E-state index in [1.165, 1.54) is 6.92 Å². The lowest BCUT2D eigenvalue weighted by Gasteiger charge is -2.25. The Morgan fingerprint density at radius 1 is 1.54 bits per heavy atom. The molecule has 1 fully saturated rings. The molecule has 1 rings (SSSR count). The van der Waals surface area contributed by atoms with Gasteiger partial charge in [-0.15, -0.1) is 0 Å². The average Bonchev–Trinajstić information content (AvgIpc) is 2.14. The molecule has 4 nitrogen and oxygen atoms in total. The van der Waals surface area contributed by atoms with Gasteiger partial charge in [-0.05, 0) is 0 Å². The van der Waals surface area contributed by atoms with Crippen LogP contribution >= 0.6 is 0 Å². The first kappa shape index (κ1) is 10.4. The van der Waals surface area contributed by atoms with E-state index < -0.39 is 5.97 Å². The van der Waals surface area contributed by atoms with Crippen LogP contribution in [0.2, 0.25) is 0 Å². The fraction of sp³-hybridized carbons (Fsp3) is 0.875. The molecule has 0 unspecified atom stereocenters. The Balaban J connectivity index is 2.01. The molecule has 0 bridgehead atoms. The van der Waals surface area contributed by atoms with Gasteiger partial charge >= 0.3 is 0 Å². The molecule has 0 aliphatic carbocycles. The number of ether oxygens (including phenoxy) is 1. The van der Waals surface area contributed by atoms with Gasteiger partial charge in [-0.3, -0.25) is 4.90 Å². The summed E-state index contributed by atoms with van der Waals surface area (Å²) in [6, 6.07) is 0. The zero-order chi connectivity index (χ0) is 9.52. The van der Waals surface area contributed by atoms with E-state index in [0.29, 0.717) is 6.61 Å². The Labute approximate surface area is 77.3 Å². The van der Waals surface area contributed by atoms with Crippen LogP contribution in [0.25, 0.3) is 0 Å². The molecule has 1 aliphatic rings. The minimum atomic E-state index is -0.540. The van der Waals surface area contributed by atoms with E-state index in [-0.39, 0.29) is 0 Å². The smallest absolute Gasteiger partial charge is 0.223 e. The lowest BCUT2D eigenvalue weighted by Crippen LogP contribution is -2.38. The summed E-state index contributed by atoms with van der Waals surface area (Å²) >= 11 is 0. The van der Waals surface area contributed by atoms with Crippen molar-refractivity contribution in [2.45, 2.75) is 6.92 Å². The van der Waals surface area contributed by atoms with Crippen molar-refractivity contribution in [3.8, 4) is 0 Å². The van der Waals surface area contributed by atoms with Gasteiger partial charge in [0.05, 0.1) is 13.2 Å². The van der Waals surface area contributed by atoms with Crippen molar-refractivity contribution in [3.63, 3.8) is 0 Å².